The Morgan fingerprint density at radius 1 is 1.16 bits per heavy atom. The molecule has 172 valence electrons. The van der Waals surface area contributed by atoms with E-state index in [1.165, 1.54) is 22.9 Å². The van der Waals surface area contributed by atoms with Crippen LogP contribution in [0.3, 0.4) is 0 Å². The number of ether oxygens (including phenoxy) is 1. The molecule has 0 aliphatic carbocycles. The Balaban J connectivity index is 1.69. The molecule has 7 nitrogen and oxygen atoms in total. The highest BCUT2D eigenvalue weighted by Gasteiger charge is 2.37. The minimum absolute atomic E-state index is 0.103. The maximum atomic E-state index is 12.7. The molecule has 1 N–H and O–H groups in total. The highest BCUT2D eigenvalue weighted by atomic mass is 35.5. The summed E-state index contributed by atoms with van der Waals surface area (Å²) in [7, 11) is 0. The first-order chi connectivity index (χ1) is 15.0. The van der Waals surface area contributed by atoms with E-state index in [9.17, 15) is 27.6 Å². The largest absolute Gasteiger partial charge is 0.440 e. The van der Waals surface area contributed by atoms with Crippen molar-refractivity contribution >= 4 is 40.9 Å². The average Bonchev–Trinajstić information content (AvgIpc) is 3.21. The van der Waals surface area contributed by atoms with Crippen molar-refractivity contribution in [3.63, 3.8) is 0 Å². The van der Waals surface area contributed by atoms with Gasteiger partial charge in [-0.25, -0.2) is 4.79 Å². The number of pyridine rings is 1. The predicted molar refractivity (Wildman–Crippen MR) is 112 cm³/mol. The monoisotopic (exact) mass is 491 g/mol. The first kappa shape index (κ1) is 23.9. The summed E-state index contributed by atoms with van der Waals surface area (Å²) in [6.07, 6.45) is -3.73. The molecule has 0 spiro atoms. The summed E-state index contributed by atoms with van der Waals surface area (Å²) in [6, 6.07) is 6.59. The molecule has 1 atom stereocenters. The normalized spacial score (nSPS) is 16.2. The van der Waals surface area contributed by atoms with Crippen LogP contribution in [-0.2, 0) is 16.1 Å². The number of carbonyl (C=O) groups is 2. The summed E-state index contributed by atoms with van der Waals surface area (Å²) in [4.78, 5) is 37.8. The Morgan fingerprint density at radius 2 is 1.91 bits per heavy atom. The first-order valence-electron chi connectivity index (χ1n) is 9.49. The van der Waals surface area contributed by atoms with Crippen molar-refractivity contribution in [1.82, 2.24) is 9.47 Å². The van der Waals surface area contributed by atoms with E-state index in [0.29, 0.717) is 22.0 Å². The van der Waals surface area contributed by atoms with Crippen LogP contribution in [0.15, 0.2) is 41.3 Å². The van der Waals surface area contributed by atoms with Gasteiger partial charge in [0.25, 0.3) is 5.56 Å². The maximum absolute atomic E-state index is 12.7. The number of alkyl halides is 3. The second-order valence-corrected chi connectivity index (χ2v) is 7.96. The van der Waals surface area contributed by atoms with Crippen molar-refractivity contribution in [2.75, 3.05) is 18.5 Å². The van der Waals surface area contributed by atoms with Crippen LogP contribution >= 0.6 is 23.2 Å². The van der Waals surface area contributed by atoms with E-state index in [1.54, 1.807) is 18.2 Å². The van der Waals surface area contributed by atoms with E-state index >= 15 is 0 Å². The van der Waals surface area contributed by atoms with Crippen molar-refractivity contribution in [3.05, 3.63) is 62.5 Å². The van der Waals surface area contributed by atoms with Crippen molar-refractivity contribution < 1.29 is 27.5 Å². The van der Waals surface area contributed by atoms with Crippen LogP contribution in [-0.4, -0.2) is 46.8 Å². The number of rotatable bonds is 5. The summed E-state index contributed by atoms with van der Waals surface area (Å²) in [6.45, 7) is -1.46. The second kappa shape index (κ2) is 9.83. The Labute approximate surface area is 190 Å². The lowest BCUT2D eigenvalue weighted by atomic mass is 10.2. The standard InChI is InChI=1S/C20H18Cl2F3N3O4/c21-14-5-3-12(8-15(14)22)9-27-10-13(4-6-17(27)29)26-18(30)16-2-1-7-28(16)19(31)32-11-20(23,24)25/h3-6,8,10,16H,1-2,7,9,11H2,(H,26,30). The minimum atomic E-state index is -4.66. The lowest BCUT2D eigenvalue weighted by Gasteiger charge is -2.23. The smallest absolute Gasteiger partial charge is 0.422 e. The van der Waals surface area contributed by atoms with E-state index < -0.39 is 30.8 Å². The van der Waals surface area contributed by atoms with Crippen LogP contribution in [0.5, 0.6) is 0 Å². The molecule has 1 aromatic carbocycles. The van der Waals surface area contributed by atoms with Crippen molar-refractivity contribution in [1.29, 1.82) is 0 Å². The van der Waals surface area contributed by atoms with Crippen LogP contribution in [0.25, 0.3) is 0 Å². The molecule has 1 aromatic heterocycles. The van der Waals surface area contributed by atoms with Gasteiger partial charge in [0.1, 0.15) is 6.04 Å². The van der Waals surface area contributed by atoms with Gasteiger partial charge < -0.3 is 14.6 Å². The molecule has 0 bridgehead atoms. The van der Waals surface area contributed by atoms with Crippen molar-refractivity contribution in [2.24, 2.45) is 0 Å². The molecule has 3 rings (SSSR count). The SMILES string of the molecule is O=C(Nc1ccc(=O)n(Cc2ccc(Cl)c(Cl)c2)c1)C1CCCN1C(=O)OCC(F)(F)F. The lowest BCUT2D eigenvalue weighted by molar-refractivity contribution is -0.162. The molecule has 32 heavy (non-hydrogen) atoms. The molecule has 2 heterocycles. The summed E-state index contributed by atoms with van der Waals surface area (Å²) in [5, 5.41) is 3.30. The van der Waals surface area contributed by atoms with Gasteiger partial charge in [0, 0.05) is 18.8 Å². The van der Waals surface area contributed by atoms with E-state index in [2.05, 4.69) is 10.1 Å². The number of benzene rings is 1. The summed E-state index contributed by atoms with van der Waals surface area (Å²) in [5.41, 5.74) is 0.664. The van der Waals surface area contributed by atoms with Gasteiger partial charge >= 0.3 is 12.3 Å². The zero-order chi connectivity index (χ0) is 23.5. The Morgan fingerprint density at radius 3 is 2.59 bits per heavy atom. The zero-order valence-electron chi connectivity index (χ0n) is 16.5. The fourth-order valence-electron chi connectivity index (χ4n) is 3.27. The Kier molecular flexibility index (Phi) is 7.35. The maximum Gasteiger partial charge on any atom is 0.422 e. The van der Waals surface area contributed by atoms with Crippen LogP contribution in [0.1, 0.15) is 18.4 Å². The number of likely N-dealkylation sites (tertiary alicyclic amines) is 1. The molecule has 1 saturated heterocycles. The zero-order valence-corrected chi connectivity index (χ0v) is 18.0. The van der Waals surface area contributed by atoms with Gasteiger partial charge in [-0.15, -0.1) is 0 Å². The molecule has 1 fully saturated rings. The number of hydrogen-bond acceptors (Lipinski definition) is 4. The Hall–Kier alpha value is -2.72. The molecule has 12 heteroatoms. The highest BCUT2D eigenvalue weighted by molar-refractivity contribution is 6.42. The van der Waals surface area contributed by atoms with E-state index in [0.717, 1.165) is 4.90 Å². The van der Waals surface area contributed by atoms with Crippen molar-refractivity contribution in [2.45, 2.75) is 31.6 Å². The van der Waals surface area contributed by atoms with E-state index in [-0.39, 0.29) is 30.8 Å². The molecule has 2 amide bonds. The van der Waals surface area contributed by atoms with Gasteiger partial charge in [-0.3, -0.25) is 14.5 Å². The van der Waals surface area contributed by atoms with Gasteiger partial charge in [0.2, 0.25) is 5.91 Å². The lowest BCUT2D eigenvalue weighted by Crippen LogP contribution is -2.44. The fraction of sp³-hybridized carbons (Fsp3) is 0.350. The van der Waals surface area contributed by atoms with Crippen LogP contribution in [0, 0.1) is 0 Å². The third kappa shape index (κ3) is 6.17. The molecule has 0 radical (unpaired) electrons. The highest BCUT2D eigenvalue weighted by Crippen LogP contribution is 2.24. The molecule has 0 saturated carbocycles. The number of anilines is 1. The minimum Gasteiger partial charge on any atom is -0.440 e. The number of nitrogens with one attached hydrogen (secondary N) is 1. The molecule has 2 aromatic rings. The van der Waals surface area contributed by atoms with Gasteiger partial charge in [-0.05, 0) is 36.6 Å². The predicted octanol–water partition coefficient (Wildman–Crippen LogP) is 4.31. The van der Waals surface area contributed by atoms with Gasteiger partial charge in [0.15, 0.2) is 6.61 Å². The first-order valence-corrected chi connectivity index (χ1v) is 10.2. The van der Waals surface area contributed by atoms with Crippen LogP contribution in [0.2, 0.25) is 10.0 Å². The number of aromatic nitrogens is 1. The van der Waals surface area contributed by atoms with Crippen molar-refractivity contribution in [3.8, 4) is 0 Å². The van der Waals surface area contributed by atoms with E-state index in [4.69, 9.17) is 23.2 Å². The van der Waals surface area contributed by atoms with Crippen LogP contribution in [0.4, 0.5) is 23.7 Å². The van der Waals surface area contributed by atoms with Gasteiger partial charge in [-0.2, -0.15) is 13.2 Å². The third-order valence-corrected chi connectivity index (χ3v) is 5.48. The third-order valence-electron chi connectivity index (χ3n) is 4.74. The summed E-state index contributed by atoms with van der Waals surface area (Å²) < 4.78 is 42.5. The molecular formula is C20H18Cl2F3N3O4. The van der Waals surface area contributed by atoms with E-state index in [1.807, 2.05) is 0 Å². The van der Waals surface area contributed by atoms with Gasteiger partial charge in [-0.1, -0.05) is 29.3 Å². The summed E-state index contributed by atoms with van der Waals surface area (Å²) >= 11 is 11.9. The average molecular weight is 492 g/mol. The molecule has 1 aliphatic heterocycles. The number of hydrogen-bond donors (Lipinski definition) is 1. The second-order valence-electron chi connectivity index (χ2n) is 7.14. The molecule has 1 unspecified atom stereocenters. The number of halogens is 5. The number of amides is 2. The van der Waals surface area contributed by atoms with Gasteiger partial charge in [0.05, 0.1) is 22.3 Å². The van der Waals surface area contributed by atoms with Crippen LogP contribution < -0.4 is 10.9 Å². The molecule has 1 aliphatic rings. The molecular weight excluding hydrogens is 474 g/mol. The number of nitrogens with zero attached hydrogens (tertiary/aromatic N) is 2. The quantitative estimate of drug-likeness (QED) is 0.675. The Bertz CT molecular complexity index is 1070. The fourth-order valence-corrected chi connectivity index (χ4v) is 3.59. The topological polar surface area (TPSA) is 80.6 Å². The summed E-state index contributed by atoms with van der Waals surface area (Å²) in [5.74, 6) is -0.591. The number of carbonyl (C=O) groups excluding carboxylic acids is 2.